The first-order valence-electron chi connectivity index (χ1n) is 6.83. The minimum Gasteiger partial charge on any atom is -0.369 e. The maximum atomic E-state index is 14.5. The Labute approximate surface area is 146 Å². The molecule has 3 N–H and O–H groups in total. The molecule has 0 fully saturated rings. The van der Waals surface area contributed by atoms with Crippen LogP contribution in [-0.2, 0) is 12.0 Å². The number of fused-ring (bicyclic) bond motifs is 1. The molecule has 3 aromatic rings. The minimum atomic E-state index is -6.12. The molecule has 2 heterocycles. The quantitative estimate of drug-likeness (QED) is 0.390. The first-order chi connectivity index (χ1) is 12.8. The van der Waals surface area contributed by atoms with Gasteiger partial charge in [0.15, 0.2) is 34.4 Å². The number of nitrogens with one attached hydrogen (secondary N) is 1. The number of H-pyrrole nitrogens is 1. The molecule has 0 atom stereocenters. The number of alkyl halides is 4. The first-order valence-corrected chi connectivity index (χ1v) is 6.83. The Balaban J connectivity index is 2.36. The van der Waals surface area contributed by atoms with Gasteiger partial charge in [0, 0.05) is 0 Å². The number of nitrogens with zero attached hydrogens (tertiary/aromatic N) is 3. The lowest BCUT2D eigenvalue weighted by Gasteiger charge is -2.29. The molecule has 0 saturated heterocycles. The minimum absolute atomic E-state index is 0.547. The van der Waals surface area contributed by atoms with Gasteiger partial charge in [0.25, 0.3) is 5.56 Å². The van der Waals surface area contributed by atoms with E-state index >= 15 is 0 Å². The Bertz CT molecular complexity index is 1140. The third kappa shape index (κ3) is 2.34. The van der Waals surface area contributed by atoms with E-state index in [1.54, 1.807) is 0 Å². The van der Waals surface area contributed by atoms with Crippen LogP contribution >= 0.6 is 0 Å². The van der Waals surface area contributed by atoms with Crippen LogP contribution in [0.2, 0.25) is 0 Å². The van der Waals surface area contributed by atoms with E-state index in [9.17, 15) is 44.3 Å². The highest BCUT2D eigenvalue weighted by Gasteiger charge is 2.64. The van der Waals surface area contributed by atoms with Crippen molar-refractivity contribution in [3.8, 4) is 0 Å². The molecule has 0 aliphatic rings. The topological polar surface area (TPSA) is 89.6 Å². The van der Waals surface area contributed by atoms with E-state index in [1.165, 1.54) is 0 Å². The van der Waals surface area contributed by atoms with E-state index in [-0.39, 0.29) is 0 Å². The second-order valence-electron chi connectivity index (χ2n) is 5.27. The van der Waals surface area contributed by atoms with Gasteiger partial charge < -0.3 is 10.7 Å². The van der Waals surface area contributed by atoms with Crippen LogP contribution in [0.5, 0.6) is 0 Å². The predicted molar refractivity (Wildman–Crippen MR) is 72.9 cm³/mol. The number of aromatic nitrogens is 4. The maximum Gasteiger partial charge on any atom is 0.402 e. The van der Waals surface area contributed by atoms with Gasteiger partial charge in [0.1, 0.15) is 5.56 Å². The molecule has 0 aliphatic carbocycles. The molecule has 150 valence electrons. The summed E-state index contributed by atoms with van der Waals surface area (Å²) in [7, 11) is 0. The van der Waals surface area contributed by atoms with Gasteiger partial charge in [-0.05, 0) is 0 Å². The summed E-state index contributed by atoms with van der Waals surface area (Å²) in [6.07, 6.45) is 0.781. The number of imidazole rings is 1. The molecule has 0 bridgehead atoms. The number of hydrogen-bond acceptors (Lipinski definition) is 4. The maximum absolute atomic E-state index is 14.5. The van der Waals surface area contributed by atoms with Crippen LogP contribution in [0.25, 0.3) is 11.2 Å². The molecule has 0 radical (unpaired) electrons. The zero-order valence-electron chi connectivity index (χ0n) is 12.8. The van der Waals surface area contributed by atoms with E-state index in [2.05, 4.69) is 9.97 Å². The van der Waals surface area contributed by atoms with Crippen LogP contribution in [0, 0.1) is 29.1 Å². The molecule has 1 aromatic carbocycles. The number of anilines is 1. The second kappa shape index (κ2) is 5.87. The van der Waals surface area contributed by atoms with Crippen molar-refractivity contribution in [3.63, 3.8) is 0 Å². The van der Waals surface area contributed by atoms with E-state index in [1.807, 2.05) is 4.98 Å². The van der Waals surface area contributed by atoms with Gasteiger partial charge in [0.05, 0.1) is 6.33 Å². The van der Waals surface area contributed by atoms with Gasteiger partial charge in [-0.25, -0.2) is 31.5 Å². The molecule has 0 spiro atoms. The highest BCUT2D eigenvalue weighted by atomic mass is 19.3. The molecule has 0 saturated carbocycles. The lowest BCUT2D eigenvalue weighted by Crippen LogP contribution is -2.48. The summed E-state index contributed by atoms with van der Waals surface area (Å²) in [6, 6.07) is -5.90. The normalized spacial score (nSPS) is 12.8. The lowest BCUT2D eigenvalue weighted by molar-refractivity contribution is -0.271. The summed E-state index contributed by atoms with van der Waals surface area (Å²) >= 11 is 0. The highest BCUT2D eigenvalue weighted by molar-refractivity contribution is 5.69. The van der Waals surface area contributed by atoms with E-state index in [0.29, 0.717) is 0 Å². The predicted octanol–water partition coefficient (Wildman–Crippen LogP) is 2.74. The standard InChI is InChI=1S/C13H4F9N5O/c14-3-2(4(15)6(17)7(18)5(3)16)12(19,20)13(21,22)27-10(28)8-9(25-1-24-8)26-11(27)23/h1H,(H2,23,26)(H,24,25). The molecule has 2 aromatic heterocycles. The number of aromatic amines is 1. The van der Waals surface area contributed by atoms with Crippen LogP contribution in [0.4, 0.5) is 45.5 Å². The zero-order chi connectivity index (χ0) is 21.2. The van der Waals surface area contributed by atoms with Gasteiger partial charge in [-0.3, -0.25) is 4.79 Å². The number of hydrogen-bond donors (Lipinski definition) is 2. The fourth-order valence-corrected chi connectivity index (χ4v) is 2.35. The largest absolute Gasteiger partial charge is 0.402 e. The number of rotatable bonds is 3. The van der Waals surface area contributed by atoms with Crippen molar-refractivity contribution in [2.45, 2.75) is 12.0 Å². The summed E-state index contributed by atoms with van der Waals surface area (Å²) in [5.41, 5.74) is -1.41. The van der Waals surface area contributed by atoms with Crippen molar-refractivity contribution >= 4 is 17.1 Å². The fourth-order valence-electron chi connectivity index (χ4n) is 2.35. The Kier molecular flexibility index (Phi) is 4.09. The van der Waals surface area contributed by atoms with E-state index < -0.39 is 73.9 Å². The average Bonchev–Trinajstić information content (AvgIpc) is 3.06. The first kappa shape index (κ1) is 19.5. The van der Waals surface area contributed by atoms with Gasteiger partial charge in [-0.1, -0.05) is 0 Å². The van der Waals surface area contributed by atoms with Crippen molar-refractivity contribution in [2.75, 3.05) is 5.73 Å². The van der Waals surface area contributed by atoms with Crippen molar-refractivity contribution < 1.29 is 39.5 Å². The van der Waals surface area contributed by atoms with Crippen molar-refractivity contribution in [2.24, 2.45) is 0 Å². The SMILES string of the molecule is Nc1nc2nc[nH]c2c(=O)n1C(F)(F)C(F)(F)c1c(F)c(F)c(F)c(F)c1F. The number of benzene rings is 1. The number of nitrogens with two attached hydrogens (primary N) is 1. The summed E-state index contributed by atoms with van der Waals surface area (Å²) in [5.74, 6) is -22.7. The van der Waals surface area contributed by atoms with Gasteiger partial charge in [0.2, 0.25) is 11.8 Å². The van der Waals surface area contributed by atoms with Crippen LogP contribution in [-0.4, -0.2) is 19.5 Å². The summed E-state index contributed by atoms with van der Waals surface area (Å²) in [5, 5.41) is 0. The molecule has 0 amide bonds. The van der Waals surface area contributed by atoms with E-state index in [0.717, 1.165) is 6.33 Å². The van der Waals surface area contributed by atoms with E-state index in [4.69, 9.17) is 5.73 Å². The summed E-state index contributed by atoms with van der Waals surface area (Å²) < 4.78 is 123. The van der Waals surface area contributed by atoms with Crippen LogP contribution in [0.3, 0.4) is 0 Å². The average molecular weight is 417 g/mol. The van der Waals surface area contributed by atoms with Crippen molar-refractivity contribution in [1.29, 1.82) is 0 Å². The third-order valence-corrected chi connectivity index (χ3v) is 3.67. The smallest absolute Gasteiger partial charge is 0.369 e. The molecular formula is C13H4F9N5O. The van der Waals surface area contributed by atoms with Gasteiger partial charge in [-0.2, -0.15) is 22.5 Å². The Hall–Kier alpha value is -3.26. The molecular weight excluding hydrogens is 413 g/mol. The Morgan fingerprint density at radius 2 is 1.43 bits per heavy atom. The van der Waals surface area contributed by atoms with Gasteiger partial charge >= 0.3 is 12.0 Å². The summed E-state index contributed by atoms with van der Waals surface area (Å²) in [4.78, 5) is 20.6. The highest BCUT2D eigenvalue weighted by Crippen LogP contribution is 2.49. The molecule has 0 unspecified atom stereocenters. The molecule has 28 heavy (non-hydrogen) atoms. The number of nitrogen functional groups attached to an aromatic ring is 1. The van der Waals surface area contributed by atoms with Gasteiger partial charge in [-0.15, -0.1) is 0 Å². The fraction of sp³-hybridized carbons (Fsp3) is 0.154. The van der Waals surface area contributed by atoms with Crippen LogP contribution < -0.4 is 11.3 Å². The van der Waals surface area contributed by atoms with Crippen molar-refractivity contribution in [3.05, 3.63) is 51.3 Å². The third-order valence-electron chi connectivity index (χ3n) is 3.67. The summed E-state index contributed by atoms with van der Waals surface area (Å²) in [6.45, 7) is 0. The van der Waals surface area contributed by atoms with Crippen molar-refractivity contribution in [1.82, 2.24) is 19.5 Å². The second-order valence-corrected chi connectivity index (χ2v) is 5.27. The molecule has 3 rings (SSSR count). The molecule has 15 heteroatoms. The van der Waals surface area contributed by atoms with Crippen LogP contribution in [0.1, 0.15) is 5.56 Å². The molecule has 0 aliphatic heterocycles. The lowest BCUT2D eigenvalue weighted by atomic mass is 10.0. The zero-order valence-corrected chi connectivity index (χ0v) is 12.8. The Morgan fingerprint density at radius 1 is 0.929 bits per heavy atom. The number of halogens is 9. The molecule has 6 nitrogen and oxygen atoms in total. The monoisotopic (exact) mass is 417 g/mol. The Morgan fingerprint density at radius 3 is 1.96 bits per heavy atom. The van der Waals surface area contributed by atoms with Crippen LogP contribution in [0.15, 0.2) is 11.1 Å².